The fourth-order valence-electron chi connectivity index (χ4n) is 2.04. The maximum absolute atomic E-state index is 11.4. The van der Waals surface area contributed by atoms with E-state index in [1.165, 1.54) is 7.11 Å². The van der Waals surface area contributed by atoms with Gasteiger partial charge >= 0.3 is 5.97 Å². The Kier molecular flexibility index (Phi) is 4.09. The first-order chi connectivity index (χ1) is 8.60. The smallest absolute Gasteiger partial charge is 0.323 e. The second-order valence-corrected chi connectivity index (χ2v) is 4.81. The van der Waals surface area contributed by atoms with Crippen LogP contribution in [0, 0.1) is 6.92 Å². The summed E-state index contributed by atoms with van der Waals surface area (Å²) in [5.41, 5.74) is 0.990. The topological polar surface area (TPSA) is 47.6 Å². The fourth-order valence-corrected chi connectivity index (χ4v) is 2.27. The molecule has 0 bridgehead atoms. The van der Waals surface area contributed by atoms with E-state index < -0.39 is 0 Å². The molecule has 0 radical (unpaired) electrons. The molecule has 1 fully saturated rings. The van der Waals surface area contributed by atoms with Crippen molar-refractivity contribution in [3.63, 3.8) is 0 Å². The molecule has 4 nitrogen and oxygen atoms in total. The average Bonchev–Trinajstić information content (AvgIpc) is 2.80. The largest absolute Gasteiger partial charge is 0.489 e. The molecule has 1 aliphatic heterocycles. The van der Waals surface area contributed by atoms with E-state index in [9.17, 15) is 4.79 Å². The normalized spacial score (nSPS) is 22.8. The summed E-state index contributed by atoms with van der Waals surface area (Å²) in [6, 6.07) is 5.23. The van der Waals surface area contributed by atoms with Crippen LogP contribution < -0.4 is 10.1 Å². The maximum atomic E-state index is 11.4. The number of methoxy groups -OCH3 is 1. The van der Waals surface area contributed by atoms with Gasteiger partial charge in [0.05, 0.1) is 7.11 Å². The van der Waals surface area contributed by atoms with Crippen molar-refractivity contribution in [2.75, 3.05) is 13.7 Å². The van der Waals surface area contributed by atoms with Gasteiger partial charge in [-0.3, -0.25) is 4.79 Å². The lowest BCUT2D eigenvalue weighted by atomic mass is 10.2. The molecule has 5 heteroatoms. The number of esters is 1. The first kappa shape index (κ1) is 13.2. The van der Waals surface area contributed by atoms with Crippen LogP contribution in [0.5, 0.6) is 5.75 Å². The average molecular weight is 270 g/mol. The van der Waals surface area contributed by atoms with Crippen LogP contribution in [0.3, 0.4) is 0 Å². The van der Waals surface area contributed by atoms with Gasteiger partial charge in [0.15, 0.2) is 0 Å². The van der Waals surface area contributed by atoms with Crippen molar-refractivity contribution in [2.45, 2.75) is 25.5 Å². The molecule has 1 aromatic rings. The number of benzene rings is 1. The number of halogens is 1. The molecular weight excluding hydrogens is 254 g/mol. The van der Waals surface area contributed by atoms with Crippen molar-refractivity contribution in [1.82, 2.24) is 5.32 Å². The van der Waals surface area contributed by atoms with E-state index in [-0.39, 0.29) is 18.1 Å². The van der Waals surface area contributed by atoms with E-state index in [2.05, 4.69) is 5.32 Å². The number of rotatable bonds is 3. The number of hydrogen-bond acceptors (Lipinski definition) is 4. The van der Waals surface area contributed by atoms with Crippen molar-refractivity contribution in [1.29, 1.82) is 0 Å². The SMILES string of the molecule is COC(=O)[C@@H]1C[C@H](Oc2ccc(Cl)cc2C)CN1. The lowest BCUT2D eigenvalue weighted by molar-refractivity contribution is -0.142. The third-order valence-electron chi connectivity index (χ3n) is 3.01. The van der Waals surface area contributed by atoms with Crippen LogP contribution in [0.4, 0.5) is 0 Å². The molecule has 0 amide bonds. The van der Waals surface area contributed by atoms with Crippen LogP contribution in [0.25, 0.3) is 0 Å². The van der Waals surface area contributed by atoms with E-state index in [1.807, 2.05) is 19.1 Å². The third kappa shape index (κ3) is 2.94. The van der Waals surface area contributed by atoms with Gasteiger partial charge in [-0.05, 0) is 30.7 Å². The van der Waals surface area contributed by atoms with Crippen molar-refractivity contribution < 1.29 is 14.3 Å². The Morgan fingerprint density at radius 1 is 1.50 bits per heavy atom. The minimum atomic E-state index is -0.271. The van der Waals surface area contributed by atoms with Crippen LogP contribution in [-0.4, -0.2) is 31.8 Å². The zero-order chi connectivity index (χ0) is 13.1. The van der Waals surface area contributed by atoms with E-state index in [0.29, 0.717) is 18.0 Å². The summed E-state index contributed by atoms with van der Waals surface area (Å²) in [5, 5.41) is 3.77. The molecule has 0 aliphatic carbocycles. The van der Waals surface area contributed by atoms with E-state index in [0.717, 1.165) is 11.3 Å². The number of carbonyl (C=O) groups is 1. The Morgan fingerprint density at radius 3 is 2.94 bits per heavy atom. The van der Waals surface area contributed by atoms with Crippen molar-refractivity contribution in [3.8, 4) is 5.75 Å². The van der Waals surface area contributed by atoms with Gasteiger partial charge in [-0.15, -0.1) is 0 Å². The van der Waals surface area contributed by atoms with Gasteiger partial charge in [0.25, 0.3) is 0 Å². The molecule has 1 heterocycles. The van der Waals surface area contributed by atoms with Gasteiger partial charge in [0.1, 0.15) is 17.9 Å². The van der Waals surface area contributed by atoms with Crippen LogP contribution >= 0.6 is 11.6 Å². The van der Waals surface area contributed by atoms with Crippen LogP contribution in [-0.2, 0) is 9.53 Å². The third-order valence-corrected chi connectivity index (χ3v) is 3.24. The second-order valence-electron chi connectivity index (χ2n) is 4.37. The van der Waals surface area contributed by atoms with E-state index in [1.54, 1.807) is 6.07 Å². The van der Waals surface area contributed by atoms with Crippen LogP contribution in [0.2, 0.25) is 5.02 Å². The number of hydrogen-bond donors (Lipinski definition) is 1. The summed E-state index contributed by atoms with van der Waals surface area (Å²) in [5.74, 6) is 0.561. The number of ether oxygens (including phenoxy) is 2. The van der Waals surface area contributed by atoms with Crippen molar-refractivity contribution in [2.24, 2.45) is 0 Å². The number of nitrogens with one attached hydrogen (secondary N) is 1. The lowest BCUT2D eigenvalue weighted by Gasteiger charge is -2.14. The molecule has 1 N–H and O–H groups in total. The highest BCUT2D eigenvalue weighted by atomic mass is 35.5. The first-order valence-electron chi connectivity index (χ1n) is 5.84. The van der Waals surface area contributed by atoms with Gasteiger partial charge in [0, 0.05) is 18.0 Å². The van der Waals surface area contributed by atoms with Crippen LogP contribution in [0.15, 0.2) is 18.2 Å². The molecule has 1 aliphatic rings. The van der Waals surface area contributed by atoms with Crippen molar-refractivity contribution >= 4 is 17.6 Å². The Balaban J connectivity index is 1.97. The number of carbonyl (C=O) groups excluding carboxylic acids is 1. The molecule has 1 saturated heterocycles. The second kappa shape index (κ2) is 5.59. The standard InChI is InChI=1S/C13H16ClNO3/c1-8-5-9(14)3-4-12(8)18-10-6-11(15-7-10)13(16)17-2/h3-5,10-11,15H,6-7H2,1-2H3/t10-,11-/m0/s1. The summed E-state index contributed by atoms with van der Waals surface area (Å²) in [4.78, 5) is 11.4. The highest BCUT2D eigenvalue weighted by Gasteiger charge is 2.31. The highest BCUT2D eigenvalue weighted by molar-refractivity contribution is 6.30. The predicted octanol–water partition coefficient (Wildman–Crippen LogP) is 1.93. The van der Waals surface area contributed by atoms with E-state index >= 15 is 0 Å². The summed E-state index contributed by atoms with van der Waals surface area (Å²) < 4.78 is 10.6. The minimum Gasteiger partial charge on any atom is -0.489 e. The van der Waals surface area contributed by atoms with Gasteiger partial charge < -0.3 is 14.8 Å². The molecule has 2 atom stereocenters. The predicted molar refractivity (Wildman–Crippen MR) is 69.0 cm³/mol. The Labute approximate surface area is 111 Å². The molecule has 98 valence electrons. The quantitative estimate of drug-likeness (QED) is 0.852. The maximum Gasteiger partial charge on any atom is 0.323 e. The summed E-state index contributed by atoms with van der Waals surface area (Å²) in [6.45, 7) is 2.59. The molecule has 18 heavy (non-hydrogen) atoms. The van der Waals surface area contributed by atoms with Gasteiger partial charge in [-0.1, -0.05) is 11.6 Å². The lowest BCUT2D eigenvalue weighted by Crippen LogP contribution is -2.31. The van der Waals surface area contributed by atoms with Crippen molar-refractivity contribution in [3.05, 3.63) is 28.8 Å². The molecule has 1 aromatic carbocycles. The molecule has 0 aromatic heterocycles. The summed E-state index contributed by atoms with van der Waals surface area (Å²) >= 11 is 5.89. The summed E-state index contributed by atoms with van der Waals surface area (Å²) in [7, 11) is 1.39. The Morgan fingerprint density at radius 2 is 2.28 bits per heavy atom. The van der Waals surface area contributed by atoms with Gasteiger partial charge in [-0.2, -0.15) is 0 Å². The molecule has 0 unspecified atom stereocenters. The molecule has 0 spiro atoms. The molecule has 0 saturated carbocycles. The molecular formula is C13H16ClNO3. The Bertz CT molecular complexity index is 450. The van der Waals surface area contributed by atoms with Gasteiger partial charge in [0.2, 0.25) is 0 Å². The fraction of sp³-hybridized carbons (Fsp3) is 0.462. The monoisotopic (exact) mass is 269 g/mol. The Hall–Kier alpha value is -1.26. The zero-order valence-corrected chi connectivity index (χ0v) is 11.2. The molecule has 2 rings (SSSR count). The zero-order valence-electron chi connectivity index (χ0n) is 10.4. The first-order valence-corrected chi connectivity index (χ1v) is 6.22. The van der Waals surface area contributed by atoms with Gasteiger partial charge in [-0.25, -0.2) is 0 Å². The summed E-state index contributed by atoms with van der Waals surface area (Å²) in [6.07, 6.45) is 0.600. The highest BCUT2D eigenvalue weighted by Crippen LogP contribution is 2.24. The van der Waals surface area contributed by atoms with E-state index in [4.69, 9.17) is 21.1 Å². The van der Waals surface area contributed by atoms with Crippen LogP contribution in [0.1, 0.15) is 12.0 Å². The minimum absolute atomic E-state index is 0.0195. The number of aryl methyl sites for hydroxylation is 1.